The van der Waals surface area contributed by atoms with E-state index in [9.17, 15) is 18.7 Å². The summed E-state index contributed by atoms with van der Waals surface area (Å²) in [5.41, 5.74) is 1.22. The van der Waals surface area contributed by atoms with Crippen LogP contribution in [0.3, 0.4) is 0 Å². The maximum atomic E-state index is 13.4. The lowest BCUT2D eigenvalue weighted by atomic mass is 10.1. The van der Waals surface area contributed by atoms with Crippen molar-refractivity contribution in [3.63, 3.8) is 0 Å². The summed E-state index contributed by atoms with van der Waals surface area (Å²) in [4.78, 5) is 11.8. The summed E-state index contributed by atoms with van der Waals surface area (Å²) in [6, 6.07) is 7.77. The molecule has 0 unspecified atom stereocenters. The SMILES string of the molecule is Cc1ccc(NC(=O)Cc2ccc(F)cc2F)cc1O. The molecule has 104 valence electrons. The molecule has 0 saturated heterocycles. The number of phenols is 1. The lowest BCUT2D eigenvalue weighted by Gasteiger charge is -2.07. The van der Waals surface area contributed by atoms with Crippen molar-refractivity contribution in [3.05, 3.63) is 59.2 Å². The molecule has 0 spiro atoms. The number of aryl methyl sites for hydroxylation is 1. The van der Waals surface area contributed by atoms with Crippen LogP contribution in [0.2, 0.25) is 0 Å². The van der Waals surface area contributed by atoms with Gasteiger partial charge in [0.05, 0.1) is 6.42 Å². The summed E-state index contributed by atoms with van der Waals surface area (Å²) < 4.78 is 26.2. The maximum absolute atomic E-state index is 13.4. The number of hydrogen-bond acceptors (Lipinski definition) is 2. The highest BCUT2D eigenvalue weighted by molar-refractivity contribution is 5.92. The Morgan fingerprint density at radius 2 is 1.95 bits per heavy atom. The number of aromatic hydroxyl groups is 1. The quantitative estimate of drug-likeness (QED) is 0.905. The number of carbonyl (C=O) groups is 1. The number of anilines is 1. The summed E-state index contributed by atoms with van der Waals surface area (Å²) in [6.45, 7) is 1.73. The van der Waals surface area contributed by atoms with Gasteiger partial charge in [-0.3, -0.25) is 4.79 Å². The van der Waals surface area contributed by atoms with E-state index in [1.807, 2.05) is 0 Å². The lowest BCUT2D eigenvalue weighted by molar-refractivity contribution is -0.115. The van der Waals surface area contributed by atoms with Gasteiger partial charge in [-0.1, -0.05) is 12.1 Å². The number of amides is 1. The van der Waals surface area contributed by atoms with Crippen LogP contribution in [0.25, 0.3) is 0 Å². The van der Waals surface area contributed by atoms with Crippen molar-refractivity contribution in [2.45, 2.75) is 13.3 Å². The topological polar surface area (TPSA) is 49.3 Å². The second-order valence-corrected chi connectivity index (χ2v) is 4.46. The average molecular weight is 277 g/mol. The Labute approximate surface area is 114 Å². The number of carbonyl (C=O) groups excluding carboxylic acids is 1. The first-order chi connectivity index (χ1) is 9.45. The Hall–Kier alpha value is -2.43. The molecule has 0 fully saturated rings. The molecule has 0 aliphatic heterocycles. The van der Waals surface area contributed by atoms with Crippen LogP contribution in [0.1, 0.15) is 11.1 Å². The van der Waals surface area contributed by atoms with Crippen LogP contribution >= 0.6 is 0 Å². The van der Waals surface area contributed by atoms with Gasteiger partial charge in [0.2, 0.25) is 5.91 Å². The minimum absolute atomic E-state index is 0.0655. The molecule has 2 aromatic rings. The number of benzene rings is 2. The van der Waals surface area contributed by atoms with Crippen LogP contribution in [-0.4, -0.2) is 11.0 Å². The molecule has 0 aliphatic carbocycles. The normalized spacial score (nSPS) is 10.3. The summed E-state index contributed by atoms with van der Waals surface area (Å²) in [5, 5.41) is 12.1. The molecule has 5 heteroatoms. The smallest absolute Gasteiger partial charge is 0.228 e. The first-order valence-corrected chi connectivity index (χ1v) is 5.99. The van der Waals surface area contributed by atoms with Gasteiger partial charge in [0.1, 0.15) is 17.4 Å². The molecule has 0 saturated carbocycles. The van der Waals surface area contributed by atoms with Gasteiger partial charge in [0.25, 0.3) is 0 Å². The molecular weight excluding hydrogens is 264 g/mol. The molecule has 3 nitrogen and oxygen atoms in total. The van der Waals surface area contributed by atoms with Crippen molar-refractivity contribution in [2.75, 3.05) is 5.32 Å². The van der Waals surface area contributed by atoms with Crippen LogP contribution in [0.5, 0.6) is 5.75 Å². The van der Waals surface area contributed by atoms with E-state index in [4.69, 9.17) is 0 Å². The van der Waals surface area contributed by atoms with Gasteiger partial charge in [-0.05, 0) is 30.2 Å². The van der Waals surface area contributed by atoms with Crippen LogP contribution < -0.4 is 5.32 Å². The highest BCUT2D eigenvalue weighted by atomic mass is 19.1. The number of nitrogens with one attached hydrogen (secondary N) is 1. The van der Waals surface area contributed by atoms with Crippen LogP contribution in [0.15, 0.2) is 36.4 Å². The highest BCUT2D eigenvalue weighted by Gasteiger charge is 2.10. The Kier molecular flexibility index (Phi) is 3.98. The molecular formula is C15H13F2NO2. The van der Waals surface area contributed by atoms with Crippen molar-refractivity contribution < 1.29 is 18.7 Å². The predicted molar refractivity (Wildman–Crippen MR) is 71.5 cm³/mol. The zero-order valence-corrected chi connectivity index (χ0v) is 10.8. The summed E-state index contributed by atoms with van der Waals surface area (Å²) in [6.07, 6.45) is -0.208. The molecule has 0 bridgehead atoms. The van der Waals surface area contributed by atoms with Crippen LogP contribution in [-0.2, 0) is 11.2 Å². The number of phenolic OH excluding ortho intramolecular Hbond substituents is 1. The van der Waals surface area contributed by atoms with E-state index in [0.29, 0.717) is 11.3 Å². The summed E-state index contributed by atoms with van der Waals surface area (Å²) in [7, 11) is 0. The summed E-state index contributed by atoms with van der Waals surface area (Å²) in [5.74, 6) is -1.82. The van der Waals surface area contributed by atoms with Gasteiger partial charge >= 0.3 is 0 Å². The molecule has 0 aromatic heterocycles. The third-order valence-electron chi connectivity index (χ3n) is 2.86. The van der Waals surface area contributed by atoms with Gasteiger partial charge in [0.15, 0.2) is 0 Å². The molecule has 0 radical (unpaired) electrons. The van der Waals surface area contributed by atoms with E-state index in [-0.39, 0.29) is 17.7 Å². The van der Waals surface area contributed by atoms with Crippen molar-refractivity contribution in [1.29, 1.82) is 0 Å². The second kappa shape index (κ2) is 5.69. The van der Waals surface area contributed by atoms with Crippen molar-refractivity contribution in [3.8, 4) is 5.75 Å². The van der Waals surface area contributed by atoms with E-state index < -0.39 is 17.5 Å². The van der Waals surface area contributed by atoms with Gasteiger partial charge in [-0.2, -0.15) is 0 Å². The molecule has 1 amide bonds. The van der Waals surface area contributed by atoms with Crippen molar-refractivity contribution >= 4 is 11.6 Å². The first kappa shape index (κ1) is 14.0. The fourth-order valence-corrected chi connectivity index (χ4v) is 1.73. The Morgan fingerprint density at radius 1 is 1.20 bits per heavy atom. The number of hydrogen-bond donors (Lipinski definition) is 2. The molecule has 2 N–H and O–H groups in total. The number of halogens is 2. The lowest BCUT2D eigenvalue weighted by Crippen LogP contribution is -2.15. The minimum Gasteiger partial charge on any atom is -0.508 e. The fourth-order valence-electron chi connectivity index (χ4n) is 1.73. The Morgan fingerprint density at radius 3 is 2.60 bits per heavy atom. The third-order valence-corrected chi connectivity index (χ3v) is 2.86. The van der Waals surface area contributed by atoms with E-state index >= 15 is 0 Å². The largest absolute Gasteiger partial charge is 0.508 e. The van der Waals surface area contributed by atoms with Crippen molar-refractivity contribution in [2.24, 2.45) is 0 Å². The van der Waals surface area contributed by atoms with E-state index in [1.54, 1.807) is 19.1 Å². The zero-order valence-electron chi connectivity index (χ0n) is 10.8. The van der Waals surface area contributed by atoms with Crippen LogP contribution in [0, 0.1) is 18.6 Å². The predicted octanol–water partition coefficient (Wildman–Crippen LogP) is 3.16. The monoisotopic (exact) mass is 277 g/mol. The highest BCUT2D eigenvalue weighted by Crippen LogP contribution is 2.21. The molecule has 0 heterocycles. The second-order valence-electron chi connectivity index (χ2n) is 4.46. The molecule has 2 rings (SSSR count). The fraction of sp³-hybridized carbons (Fsp3) is 0.133. The Balaban J connectivity index is 2.07. The third kappa shape index (κ3) is 3.32. The molecule has 0 aliphatic rings. The Bertz CT molecular complexity index is 656. The summed E-state index contributed by atoms with van der Waals surface area (Å²) >= 11 is 0. The maximum Gasteiger partial charge on any atom is 0.228 e. The van der Waals surface area contributed by atoms with Gasteiger partial charge < -0.3 is 10.4 Å². The van der Waals surface area contributed by atoms with Gasteiger partial charge in [-0.15, -0.1) is 0 Å². The van der Waals surface area contributed by atoms with Gasteiger partial charge in [-0.25, -0.2) is 8.78 Å². The van der Waals surface area contributed by atoms with E-state index in [2.05, 4.69) is 5.32 Å². The van der Waals surface area contributed by atoms with Gasteiger partial charge in [0, 0.05) is 17.8 Å². The molecule has 0 atom stereocenters. The zero-order chi connectivity index (χ0) is 14.7. The molecule has 20 heavy (non-hydrogen) atoms. The standard InChI is InChI=1S/C15H13F2NO2/c1-9-2-5-12(8-14(9)19)18-15(20)6-10-3-4-11(16)7-13(10)17/h2-5,7-8,19H,6H2,1H3,(H,18,20). The van der Waals surface area contributed by atoms with E-state index in [0.717, 1.165) is 12.1 Å². The minimum atomic E-state index is -0.757. The number of rotatable bonds is 3. The van der Waals surface area contributed by atoms with E-state index in [1.165, 1.54) is 12.1 Å². The molecule has 2 aromatic carbocycles. The van der Waals surface area contributed by atoms with Crippen LogP contribution in [0.4, 0.5) is 14.5 Å². The first-order valence-electron chi connectivity index (χ1n) is 5.99. The average Bonchev–Trinajstić information content (AvgIpc) is 2.37. The van der Waals surface area contributed by atoms with Crippen molar-refractivity contribution in [1.82, 2.24) is 0 Å².